The van der Waals surface area contributed by atoms with Crippen LogP contribution in [-0.4, -0.2) is 34.1 Å². The summed E-state index contributed by atoms with van der Waals surface area (Å²) in [5, 5.41) is 15.3. The van der Waals surface area contributed by atoms with Gasteiger partial charge >= 0.3 is 0 Å². The molecule has 1 aliphatic carbocycles. The van der Waals surface area contributed by atoms with Gasteiger partial charge in [-0.05, 0) is 80.0 Å². The Hall–Kier alpha value is -3.29. The molecule has 0 spiro atoms. The normalized spacial score (nSPS) is 13.8. The van der Waals surface area contributed by atoms with Gasteiger partial charge in [-0.15, -0.1) is 0 Å². The number of hydrazine groups is 1. The van der Waals surface area contributed by atoms with Gasteiger partial charge in [0.2, 0.25) is 5.91 Å². The summed E-state index contributed by atoms with van der Waals surface area (Å²) >= 11 is 0. The maximum absolute atomic E-state index is 12.7. The van der Waals surface area contributed by atoms with Crippen LogP contribution >= 0.6 is 0 Å². The zero-order valence-electron chi connectivity index (χ0n) is 18.6. The molecule has 0 atom stereocenters. The number of aromatic nitrogens is 1. The van der Waals surface area contributed by atoms with Gasteiger partial charge in [0.1, 0.15) is 5.82 Å². The molecule has 4 rings (SSSR count). The fraction of sp³-hybridized carbons (Fsp3) is 0.320. The van der Waals surface area contributed by atoms with Crippen molar-refractivity contribution >= 4 is 28.4 Å². The van der Waals surface area contributed by atoms with Crippen LogP contribution in [0.5, 0.6) is 0 Å². The molecule has 166 valence electrons. The number of nitrogens with one attached hydrogen (secondary N) is 1. The Balaban J connectivity index is 1.64. The number of pyridine rings is 1. The van der Waals surface area contributed by atoms with Crippen LogP contribution in [0.15, 0.2) is 48.7 Å². The summed E-state index contributed by atoms with van der Waals surface area (Å²) in [5.41, 5.74) is 2.76. The number of hydrogen-bond donors (Lipinski definition) is 3. The van der Waals surface area contributed by atoms with E-state index in [0.717, 1.165) is 45.3 Å². The minimum Gasteiger partial charge on any atom is -0.394 e. The monoisotopic (exact) mass is 432 g/mol. The Bertz CT molecular complexity index is 1200. The fourth-order valence-corrected chi connectivity index (χ4v) is 3.56. The van der Waals surface area contributed by atoms with Gasteiger partial charge in [-0.2, -0.15) is 0 Å². The van der Waals surface area contributed by atoms with Crippen molar-refractivity contribution < 1.29 is 14.7 Å². The average Bonchev–Trinajstić information content (AvgIpc) is 3.63. The molecule has 2 amide bonds. The lowest BCUT2D eigenvalue weighted by Gasteiger charge is -2.23. The van der Waals surface area contributed by atoms with Gasteiger partial charge in [0.05, 0.1) is 12.1 Å². The number of nitrogens with two attached hydrogens (primary N) is 1. The van der Waals surface area contributed by atoms with Crippen LogP contribution in [0.4, 0.5) is 5.82 Å². The number of aliphatic hydroxyl groups excluding tert-OH is 1. The van der Waals surface area contributed by atoms with E-state index in [1.165, 1.54) is 0 Å². The molecule has 7 heteroatoms. The van der Waals surface area contributed by atoms with Crippen molar-refractivity contribution in [3.8, 4) is 11.1 Å². The summed E-state index contributed by atoms with van der Waals surface area (Å²) in [6.45, 7) is 5.39. The average molecular weight is 433 g/mol. The first-order valence-electron chi connectivity index (χ1n) is 10.7. The standard InChI is InChI=1S/C25H28N4O3/c1-15-4-5-19(23(31)28-25(2,3)14-30)11-21(15)18-9-8-17-12-22(27-13-20(17)10-18)29(26)24(32)16-6-7-16/h4-5,8-13,16,30H,6-7,14,26H2,1-3H3,(H,28,31). The van der Waals surface area contributed by atoms with Gasteiger partial charge < -0.3 is 10.4 Å². The highest BCUT2D eigenvalue weighted by atomic mass is 16.3. The number of aliphatic hydroxyl groups is 1. The molecule has 1 saturated carbocycles. The third kappa shape index (κ3) is 4.49. The van der Waals surface area contributed by atoms with E-state index in [9.17, 15) is 14.7 Å². The van der Waals surface area contributed by atoms with E-state index >= 15 is 0 Å². The van der Waals surface area contributed by atoms with Gasteiger partial charge in [0.15, 0.2) is 0 Å². The predicted octanol–water partition coefficient (Wildman–Crippen LogP) is 3.33. The number of carbonyl (C=O) groups is 2. The van der Waals surface area contributed by atoms with Crippen LogP contribution in [0, 0.1) is 12.8 Å². The summed E-state index contributed by atoms with van der Waals surface area (Å²) in [5.74, 6) is 6.11. The third-order valence-electron chi connectivity index (χ3n) is 5.78. The number of anilines is 1. The number of rotatable bonds is 6. The first-order chi connectivity index (χ1) is 15.2. The van der Waals surface area contributed by atoms with Crippen molar-refractivity contribution in [2.45, 2.75) is 39.2 Å². The zero-order valence-corrected chi connectivity index (χ0v) is 18.6. The second kappa shape index (κ2) is 8.33. The lowest BCUT2D eigenvalue weighted by atomic mass is 9.95. The molecule has 1 aliphatic rings. The second-order valence-corrected chi connectivity index (χ2v) is 9.11. The summed E-state index contributed by atoms with van der Waals surface area (Å²) in [4.78, 5) is 29.3. The van der Waals surface area contributed by atoms with E-state index < -0.39 is 5.54 Å². The molecule has 0 saturated heterocycles. The number of amides is 2. The number of fused-ring (bicyclic) bond motifs is 1. The number of hydrogen-bond acceptors (Lipinski definition) is 5. The summed E-state index contributed by atoms with van der Waals surface area (Å²) in [7, 11) is 0. The maximum atomic E-state index is 12.7. The lowest BCUT2D eigenvalue weighted by Crippen LogP contribution is -2.46. The third-order valence-corrected chi connectivity index (χ3v) is 5.78. The van der Waals surface area contributed by atoms with Gasteiger partial charge in [0.25, 0.3) is 5.91 Å². The zero-order chi connectivity index (χ0) is 23.0. The number of aryl methyl sites for hydroxylation is 1. The van der Waals surface area contributed by atoms with Crippen molar-refractivity contribution in [3.63, 3.8) is 0 Å². The first-order valence-corrected chi connectivity index (χ1v) is 10.7. The fourth-order valence-electron chi connectivity index (χ4n) is 3.56. The molecular formula is C25H28N4O3. The molecule has 32 heavy (non-hydrogen) atoms. The van der Waals surface area contributed by atoms with Crippen LogP contribution in [-0.2, 0) is 4.79 Å². The molecule has 1 aromatic heterocycles. The Morgan fingerprint density at radius 1 is 1.16 bits per heavy atom. The van der Waals surface area contributed by atoms with Crippen molar-refractivity contribution in [1.29, 1.82) is 0 Å². The molecule has 2 aromatic carbocycles. The van der Waals surface area contributed by atoms with Crippen molar-refractivity contribution in [3.05, 3.63) is 59.8 Å². The van der Waals surface area contributed by atoms with Gasteiger partial charge in [-0.1, -0.05) is 18.2 Å². The van der Waals surface area contributed by atoms with E-state index in [2.05, 4.69) is 10.3 Å². The van der Waals surface area contributed by atoms with E-state index in [4.69, 9.17) is 5.84 Å². The van der Waals surface area contributed by atoms with Crippen molar-refractivity contribution in [1.82, 2.24) is 10.3 Å². The predicted molar refractivity (Wildman–Crippen MR) is 125 cm³/mol. The molecule has 1 fully saturated rings. The molecule has 0 aliphatic heterocycles. The van der Waals surface area contributed by atoms with Crippen LogP contribution in [0.2, 0.25) is 0 Å². The van der Waals surface area contributed by atoms with E-state index in [-0.39, 0.29) is 24.3 Å². The largest absolute Gasteiger partial charge is 0.394 e. The molecule has 0 radical (unpaired) electrons. The number of carbonyl (C=O) groups excluding carboxylic acids is 2. The molecule has 7 nitrogen and oxygen atoms in total. The molecule has 4 N–H and O–H groups in total. The molecule has 0 unspecified atom stereocenters. The Labute approximate surface area is 187 Å². The van der Waals surface area contributed by atoms with Crippen LogP contribution in [0.3, 0.4) is 0 Å². The van der Waals surface area contributed by atoms with Gasteiger partial charge in [-0.25, -0.2) is 15.8 Å². The Morgan fingerprint density at radius 2 is 1.91 bits per heavy atom. The minimum absolute atomic E-state index is 0.0234. The highest BCUT2D eigenvalue weighted by Gasteiger charge is 2.33. The van der Waals surface area contributed by atoms with Gasteiger partial charge in [-0.3, -0.25) is 9.59 Å². The van der Waals surface area contributed by atoms with E-state index in [1.54, 1.807) is 26.1 Å². The second-order valence-electron chi connectivity index (χ2n) is 9.11. The van der Waals surface area contributed by atoms with Gasteiger partial charge in [0, 0.05) is 23.1 Å². The van der Waals surface area contributed by atoms with Crippen LogP contribution < -0.4 is 16.2 Å². The first kappa shape index (κ1) is 21.9. The topological polar surface area (TPSA) is 109 Å². The minimum atomic E-state index is -0.702. The maximum Gasteiger partial charge on any atom is 0.251 e. The molecular weight excluding hydrogens is 404 g/mol. The number of benzene rings is 2. The highest BCUT2D eigenvalue weighted by molar-refractivity contribution is 5.98. The van der Waals surface area contributed by atoms with Crippen LogP contribution in [0.25, 0.3) is 21.9 Å². The van der Waals surface area contributed by atoms with Crippen LogP contribution in [0.1, 0.15) is 42.6 Å². The lowest BCUT2D eigenvalue weighted by molar-refractivity contribution is -0.119. The molecule has 3 aromatic rings. The molecule has 0 bridgehead atoms. The SMILES string of the molecule is Cc1ccc(C(=O)NC(C)(C)CO)cc1-c1ccc2cc(N(N)C(=O)C3CC3)ncc2c1. The number of nitrogens with zero attached hydrogens (tertiary/aromatic N) is 2. The summed E-state index contributed by atoms with van der Waals surface area (Å²) < 4.78 is 0. The van der Waals surface area contributed by atoms with Crippen molar-refractivity contribution in [2.24, 2.45) is 11.8 Å². The Morgan fingerprint density at radius 3 is 2.59 bits per heavy atom. The van der Waals surface area contributed by atoms with Crippen molar-refractivity contribution in [2.75, 3.05) is 11.6 Å². The summed E-state index contributed by atoms with van der Waals surface area (Å²) in [6, 6.07) is 13.3. The Kier molecular flexibility index (Phi) is 5.71. The quantitative estimate of drug-likeness (QED) is 0.315. The van der Waals surface area contributed by atoms with E-state index in [1.807, 2.05) is 43.3 Å². The van der Waals surface area contributed by atoms with E-state index in [0.29, 0.717) is 11.4 Å². The molecule has 1 heterocycles. The highest BCUT2D eigenvalue weighted by Crippen LogP contribution is 2.32. The summed E-state index contributed by atoms with van der Waals surface area (Å²) in [6.07, 6.45) is 3.48. The smallest absolute Gasteiger partial charge is 0.251 e.